The van der Waals surface area contributed by atoms with Crippen molar-refractivity contribution in [2.45, 2.75) is 37.7 Å². The lowest BCUT2D eigenvalue weighted by Gasteiger charge is -2.31. The maximum absolute atomic E-state index is 13.4. The summed E-state index contributed by atoms with van der Waals surface area (Å²) in [6.07, 6.45) is 3.90. The molecule has 0 radical (unpaired) electrons. The second kappa shape index (κ2) is 6.83. The van der Waals surface area contributed by atoms with Gasteiger partial charge in [0.2, 0.25) is 0 Å². The highest BCUT2D eigenvalue weighted by Gasteiger charge is 2.30. The molecule has 0 atom stereocenters. The molecule has 1 saturated carbocycles. The van der Waals surface area contributed by atoms with Gasteiger partial charge in [-0.3, -0.25) is 9.59 Å². The van der Waals surface area contributed by atoms with Gasteiger partial charge in [-0.2, -0.15) is 0 Å². The second-order valence-electron chi connectivity index (χ2n) is 5.55. The van der Waals surface area contributed by atoms with Crippen molar-refractivity contribution in [3.8, 4) is 0 Å². The molecule has 2 amide bonds. The Kier molecular flexibility index (Phi) is 5.07. The number of anilines is 1. The minimum Gasteiger partial charge on any atom is -0.388 e. The Bertz CT molecular complexity index is 572. The molecule has 0 aromatic heterocycles. The number of halogens is 2. The van der Waals surface area contributed by atoms with Gasteiger partial charge in [0.05, 0.1) is 11.3 Å². The van der Waals surface area contributed by atoms with Gasteiger partial charge in [0.1, 0.15) is 11.6 Å². The minimum atomic E-state index is -1.11. The molecule has 2 rings (SSSR count). The first-order chi connectivity index (χ1) is 10.4. The standard InChI is InChI=1S/C15H18F2N2O3/c16-10-4-5-11(17)12(8-10)19-14(21)13(20)18-9-15(22)6-2-1-3-7-15/h4-5,8,22H,1-3,6-7,9H2,(H,18,20)(H,19,21). The van der Waals surface area contributed by atoms with E-state index in [9.17, 15) is 23.5 Å². The summed E-state index contributed by atoms with van der Waals surface area (Å²) < 4.78 is 26.4. The van der Waals surface area contributed by atoms with Crippen LogP contribution in [0.15, 0.2) is 18.2 Å². The molecule has 0 spiro atoms. The SMILES string of the molecule is O=C(NCC1(O)CCCCC1)C(=O)Nc1cc(F)ccc1F. The van der Waals surface area contributed by atoms with E-state index in [0.29, 0.717) is 12.8 Å². The number of benzene rings is 1. The van der Waals surface area contributed by atoms with Gasteiger partial charge in [-0.05, 0) is 25.0 Å². The zero-order valence-corrected chi connectivity index (χ0v) is 12.0. The van der Waals surface area contributed by atoms with Crippen molar-refractivity contribution in [3.63, 3.8) is 0 Å². The van der Waals surface area contributed by atoms with Gasteiger partial charge in [-0.25, -0.2) is 8.78 Å². The molecule has 0 heterocycles. The monoisotopic (exact) mass is 312 g/mol. The summed E-state index contributed by atoms with van der Waals surface area (Å²) in [4.78, 5) is 23.3. The number of carbonyl (C=O) groups excluding carboxylic acids is 2. The van der Waals surface area contributed by atoms with Gasteiger partial charge in [0, 0.05) is 12.6 Å². The van der Waals surface area contributed by atoms with Crippen LogP contribution in [0.4, 0.5) is 14.5 Å². The predicted molar refractivity (Wildman–Crippen MR) is 76.0 cm³/mol. The smallest absolute Gasteiger partial charge is 0.313 e. The first kappa shape index (κ1) is 16.4. The number of hydrogen-bond acceptors (Lipinski definition) is 3. The average Bonchev–Trinajstić information content (AvgIpc) is 2.49. The first-order valence-electron chi connectivity index (χ1n) is 7.16. The van der Waals surface area contributed by atoms with Crippen molar-refractivity contribution < 1.29 is 23.5 Å². The maximum Gasteiger partial charge on any atom is 0.313 e. The van der Waals surface area contributed by atoms with E-state index in [-0.39, 0.29) is 6.54 Å². The molecule has 3 N–H and O–H groups in total. The molecule has 1 aromatic carbocycles. The van der Waals surface area contributed by atoms with E-state index in [1.165, 1.54) is 0 Å². The normalized spacial score (nSPS) is 16.9. The van der Waals surface area contributed by atoms with Crippen LogP contribution >= 0.6 is 0 Å². The molecule has 1 aromatic rings. The van der Waals surface area contributed by atoms with Crippen LogP contribution in [0.3, 0.4) is 0 Å². The van der Waals surface area contributed by atoms with Gasteiger partial charge in [0.15, 0.2) is 0 Å². The Hall–Kier alpha value is -2.02. The Morgan fingerprint density at radius 2 is 1.82 bits per heavy atom. The largest absolute Gasteiger partial charge is 0.388 e. The molecule has 0 saturated heterocycles. The Morgan fingerprint density at radius 1 is 1.14 bits per heavy atom. The van der Waals surface area contributed by atoms with Crippen molar-refractivity contribution in [2.24, 2.45) is 0 Å². The number of hydrogen-bond donors (Lipinski definition) is 3. The molecule has 22 heavy (non-hydrogen) atoms. The summed E-state index contributed by atoms with van der Waals surface area (Å²) >= 11 is 0. The van der Waals surface area contributed by atoms with Crippen LogP contribution in [0.5, 0.6) is 0 Å². The molecule has 1 aliphatic carbocycles. The zero-order chi connectivity index (χ0) is 16.2. The van der Waals surface area contributed by atoms with Gasteiger partial charge in [0.25, 0.3) is 0 Å². The van der Waals surface area contributed by atoms with E-state index in [1.807, 2.05) is 5.32 Å². The van der Waals surface area contributed by atoms with Crippen LogP contribution in [0.2, 0.25) is 0 Å². The van der Waals surface area contributed by atoms with E-state index in [1.54, 1.807) is 0 Å². The van der Waals surface area contributed by atoms with Crippen LogP contribution in [0.25, 0.3) is 0 Å². The lowest BCUT2D eigenvalue weighted by Crippen LogP contribution is -2.47. The fourth-order valence-corrected chi connectivity index (χ4v) is 2.48. The van der Waals surface area contributed by atoms with Gasteiger partial charge in [-0.15, -0.1) is 0 Å². The van der Waals surface area contributed by atoms with Crippen molar-refractivity contribution >= 4 is 17.5 Å². The molecule has 0 bridgehead atoms. The topological polar surface area (TPSA) is 78.4 Å². The maximum atomic E-state index is 13.4. The minimum absolute atomic E-state index is 0.0368. The van der Waals surface area contributed by atoms with Crippen LogP contribution in [0, 0.1) is 11.6 Å². The molecule has 5 nitrogen and oxygen atoms in total. The molecule has 120 valence electrons. The van der Waals surface area contributed by atoms with Crippen LogP contribution in [-0.2, 0) is 9.59 Å². The molecular weight excluding hydrogens is 294 g/mol. The summed E-state index contributed by atoms with van der Waals surface area (Å²) in [5, 5.41) is 14.5. The van der Waals surface area contributed by atoms with Crippen LogP contribution in [-0.4, -0.2) is 29.1 Å². The average molecular weight is 312 g/mol. The molecular formula is C15H18F2N2O3. The Balaban J connectivity index is 1.89. The molecule has 0 aliphatic heterocycles. The summed E-state index contributed by atoms with van der Waals surface area (Å²) in [6.45, 7) is -0.0368. The van der Waals surface area contributed by atoms with Crippen molar-refractivity contribution in [3.05, 3.63) is 29.8 Å². The fraction of sp³-hybridized carbons (Fsp3) is 0.467. The third-order valence-corrected chi connectivity index (χ3v) is 3.75. The third kappa shape index (κ3) is 4.24. The van der Waals surface area contributed by atoms with E-state index >= 15 is 0 Å². The summed E-state index contributed by atoms with van der Waals surface area (Å²) in [7, 11) is 0. The second-order valence-corrected chi connectivity index (χ2v) is 5.55. The van der Waals surface area contributed by atoms with Gasteiger partial charge in [-0.1, -0.05) is 19.3 Å². The van der Waals surface area contributed by atoms with E-state index in [2.05, 4.69) is 5.32 Å². The van der Waals surface area contributed by atoms with Crippen molar-refractivity contribution in [1.82, 2.24) is 5.32 Å². The van der Waals surface area contributed by atoms with E-state index < -0.39 is 34.7 Å². The Labute approximate surface area is 126 Å². The lowest BCUT2D eigenvalue weighted by atomic mass is 9.85. The third-order valence-electron chi connectivity index (χ3n) is 3.75. The van der Waals surface area contributed by atoms with Crippen molar-refractivity contribution in [2.75, 3.05) is 11.9 Å². The predicted octanol–water partition coefficient (Wildman–Crippen LogP) is 1.71. The lowest BCUT2D eigenvalue weighted by molar-refractivity contribution is -0.137. The fourth-order valence-electron chi connectivity index (χ4n) is 2.48. The van der Waals surface area contributed by atoms with Crippen molar-refractivity contribution in [1.29, 1.82) is 0 Å². The van der Waals surface area contributed by atoms with E-state index in [4.69, 9.17) is 0 Å². The molecule has 1 fully saturated rings. The number of rotatable bonds is 3. The number of aliphatic hydroxyl groups is 1. The van der Waals surface area contributed by atoms with E-state index in [0.717, 1.165) is 37.5 Å². The number of nitrogens with one attached hydrogen (secondary N) is 2. The molecule has 1 aliphatic rings. The summed E-state index contributed by atoms with van der Waals surface area (Å²) in [5.41, 5.74) is -1.41. The molecule has 7 heteroatoms. The van der Waals surface area contributed by atoms with Crippen LogP contribution < -0.4 is 10.6 Å². The van der Waals surface area contributed by atoms with Gasteiger partial charge < -0.3 is 15.7 Å². The highest BCUT2D eigenvalue weighted by Crippen LogP contribution is 2.27. The quantitative estimate of drug-likeness (QED) is 0.744. The number of amides is 2. The highest BCUT2D eigenvalue weighted by atomic mass is 19.1. The number of carbonyl (C=O) groups is 2. The summed E-state index contributed by atoms with van der Waals surface area (Å²) in [6, 6.07) is 2.55. The first-order valence-corrected chi connectivity index (χ1v) is 7.16. The Morgan fingerprint density at radius 3 is 2.50 bits per heavy atom. The zero-order valence-electron chi connectivity index (χ0n) is 12.0. The van der Waals surface area contributed by atoms with Crippen LogP contribution in [0.1, 0.15) is 32.1 Å². The van der Waals surface area contributed by atoms with Gasteiger partial charge >= 0.3 is 11.8 Å². The summed E-state index contributed by atoms with van der Waals surface area (Å²) in [5.74, 6) is -3.67. The highest BCUT2D eigenvalue weighted by molar-refractivity contribution is 6.39. The molecule has 0 unspecified atom stereocenters.